The Kier molecular flexibility index (Phi) is 6.61. The summed E-state index contributed by atoms with van der Waals surface area (Å²) in [6, 6.07) is 0. The van der Waals surface area contributed by atoms with Gasteiger partial charge in [-0.25, -0.2) is 0 Å². The van der Waals surface area contributed by atoms with E-state index in [-0.39, 0.29) is 11.7 Å². The quantitative estimate of drug-likeness (QED) is 0.667. The number of hydrogen-bond acceptors (Lipinski definition) is 1. The third-order valence-electron chi connectivity index (χ3n) is 1.85. The normalized spacial score (nSPS) is 18.7. The molecular formula is C10H20BrClO. The SMILES string of the molecule is CC(C)CC(C)OC(C)(CCl)CBr. The third kappa shape index (κ3) is 5.92. The van der Waals surface area contributed by atoms with Crippen molar-refractivity contribution in [3.05, 3.63) is 0 Å². The van der Waals surface area contributed by atoms with Crippen LogP contribution in [-0.4, -0.2) is 22.9 Å². The predicted octanol–water partition coefficient (Wildman–Crippen LogP) is 3.83. The van der Waals surface area contributed by atoms with E-state index in [4.69, 9.17) is 16.3 Å². The van der Waals surface area contributed by atoms with Crippen molar-refractivity contribution in [2.75, 3.05) is 11.2 Å². The molecule has 13 heavy (non-hydrogen) atoms. The average Bonchev–Trinajstić information content (AvgIpc) is 2.02. The minimum Gasteiger partial charge on any atom is -0.370 e. The number of alkyl halides is 2. The lowest BCUT2D eigenvalue weighted by Gasteiger charge is -2.30. The molecule has 0 aliphatic rings. The zero-order valence-corrected chi connectivity index (χ0v) is 11.3. The Labute approximate surface area is 95.3 Å². The van der Waals surface area contributed by atoms with Gasteiger partial charge in [-0.15, -0.1) is 11.6 Å². The fourth-order valence-electron chi connectivity index (χ4n) is 1.30. The minimum absolute atomic E-state index is 0.226. The van der Waals surface area contributed by atoms with Gasteiger partial charge in [-0.2, -0.15) is 0 Å². The Balaban J connectivity index is 3.94. The van der Waals surface area contributed by atoms with Crippen molar-refractivity contribution >= 4 is 27.5 Å². The van der Waals surface area contributed by atoms with Gasteiger partial charge < -0.3 is 4.74 Å². The highest BCUT2D eigenvalue weighted by Crippen LogP contribution is 2.20. The van der Waals surface area contributed by atoms with E-state index in [2.05, 4.69) is 36.7 Å². The molecule has 0 rings (SSSR count). The number of rotatable bonds is 6. The number of halogens is 2. The highest BCUT2D eigenvalue weighted by atomic mass is 79.9. The Hall–Kier alpha value is 0.730. The smallest absolute Gasteiger partial charge is 0.0889 e. The van der Waals surface area contributed by atoms with E-state index in [0.717, 1.165) is 11.8 Å². The van der Waals surface area contributed by atoms with Gasteiger partial charge in [0.25, 0.3) is 0 Å². The van der Waals surface area contributed by atoms with Gasteiger partial charge in [-0.1, -0.05) is 29.8 Å². The molecule has 0 aromatic heterocycles. The summed E-state index contributed by atoms with van der Waals surface area (Å²) in [6.07, 6.45) is 1.36. The minimum atomic E-state index is -0.226. The average molecular weight is 272 g/mol. The van der Waals surface area contributed by atoms with E-state index in [9.17, 15) is 0 Å². The molecule has 0 bridgehead atoms. The van der Waals surface area contributed by atoms with Gasteiger partial charge in [-0.3, -0.25) is 0 Å². The molecule has 0 N–H and O–H groups in total. The maximum absolute atomic E-state index is 5.87. The van der Waals surface area contributed by atoms with E-state index in [1.165, 1.54) is 0 Å². The first kappa shape index (κ1) is 13.7. The topological polar surface area (TPSA) is 9.23 Å². The molecule has 0 heterocycles. The van der Waals surface area contributed by atoms with E-state index in [0.29, 0.717) is 11.8 Å². The summed E-state index contributed by atoms with van der Waals surface area (Å²) < 4.78 is 5.87. The summed E-state index contributed by atoms with van der Waals surface area (Å²) in [4.78, 5) is 0. The molecule has 80 valence electrons. The monoisotopic (exact) mass is 270 g/mol. The van der Waals surface area contributed by atoms with Gasteiger partial charge >= 0.3 is 0 Å². The van der Waals surface area contributed by atoms with Gasteiger partial charge in [0.1, 0.15) is 0 Å². The van der Waals surface area contributed by atoms with Crippen LogP contribution in [0.5, 0.6) is 0 Å². The van der Waals surface area contributed by atoms with Crippen LogP contribution in [0, 0.1) is 5.92 Å². The van der Waals surface area contributed by atoms with Crippen LogP contribution < -0.4 is 0 Å². The van der Waals surface area contributed by atoms with E-state index in [1.54, 1.807) is 0 Å². The summed E-state index contributed by atoms with van der Waals surface area (Å²) in [7, 11) is 0. The summed E-state index contributed by atoms with van der Waals surface area (Å²) in [5.74, 6) is 1.20. The maximum Gasteiger partial charge on any atom is 0.0889 e. The molecule has 0 saturated heterocycles. The Bertz CT molecular complexity index is 135. The molecule has 1 nitrogen and oxygen atoms in total. The Morgan fingerprint density at radius 2 is 1.92 bits per heavy atom. The first-order valence-corrected chi connectivity index (χ1v) is 6.39. The molecule has 0 aliphatic heterocycles. The van der Waals surface area contributed by atoms with Gasteiger partial charge in [0.2, 0.25) is 0 Å². The van der Waals surface area contributed by atoms with Crippen LogP contribution >= 0.6 is 27.5 Å². The van der Waals surface area contributed by atoms with Crippen molar-refractivity contribution < 1.29 is 4.74 Å². The molecule has 0 spiro atoms. The first-order chi connectivity index (χ1) is 5.93. The Morgan fingerprint density at radius 3 is 2.23 bits per heavy atom. The Morgan fingerprint density at radius 1 is 1.38 bits per heavy atom. The first-order valence-electron chi connectivity index (χ1n) is 4.73. The molecule has 0 aromatic carbocycles. The molecular weight excluding hydrogens is 251 g/mol. The van der Waals surface area contributed by atoms with Gasteiger partial charge in [0, 0.05) is 5.33 Å². The van der Waals surface area contributed by atoms with Crippen LogP contribution in [0.25, 0.3) is 0 Å². The predicted molar refractivity (Wildman–Crippen MR) is 62.9 cm³/mol. The van der Waals surface area contributed by atoms with Crippen LogP contribution in [0.15, 0.2) is 0 Å². The molecule has 0 amide bonds. The van der Waals surface area contributed by atoms with Crippen molar-refractivity contribution in [1.82, 2.24) is 0 Å². The van der Waals surface area contributed by atoms with Crippen molar-refractivity contribution in [3.8, 4) is 0 Å². The summed E-state index contributed by atoms with van der Waals surface area (Å²) in [5, 5.41) is 0.784. The van der Waals surface area contributed by atoms with Crippen molar-refractivity contribution in [2.24, 2.45) is 5.92 Å². The highest BCUT2D eigenvalue weighted by molar-refractivity contribution is 9.09. The van der Waals surface area contributed by atoms with E-state index in [1.807, 2.05) is 6.92 Å². The largest absolute Gasteiger partial charge is 0.370 e. The fraction of sp³-hybridized carbons (Fsp3) is 1.00. The fourth-order valence-corrected chi connectivity index (χ4v) is 2.01. The van der Waals surface area contributed by atoms with Crippen molar-refractivity contribution in [3.63, 3.8) is 0 Å². The van der Waals surface area contributed by atoms with Crippen LogP contribution in [0.4, 0.5) is 0 Å². The third-order valence-corrected chi connectivity index (χ3v) is 3.61. The second kappa shape index (κ2) is 6.26. The lowest BCUT2D eigenvalue weighted by atomic mass is 10.1. The highest BCUT2D eigenvalue weighted by Gasteiger charge is 2.25. The van der Waals surface area contributed by atoms with Gasteiger partial charge in [-0.05, 0) is 26.2 Å². The molecule has 0 aromatic rings. The molecule has 0 fully saturated rings. The number of hydrogen-bond donors (Lipinski definition) is 0. The maximum atomic E-state index is 5.87. The summed E-state index contributed by atoms with van der Waals surface area (Å²) >= 11 is 9.25. The zero-order valence-electron chi connectivity index (χ0n) is 8.94. The van der Waals surface area contributed by atoms with Crippen LogP contribution in [-0.2, 0) is 4.74 Å². The second-order valence-corrected chi connectivity index (χ2v) is 5.10. The van der Waals surface area contributed by atoms with Crippen LogP contribution in [0.1, 0.15) is 34.1 Å². The zero-order chi connectivity index (χ0) is 10.5. The lowest BCUT2D eigenvalue weighted by molar-refractivity contribution is -0.0523. The lowest BCUT2D eigenvalue weighted by Crippen LogP contribution is -2.36. The molecule has 0 aliphatic carbocycles. The summed E-state index contributed by atoms with van der Waals surface area (Å²) in [6.45, 7) is 8.54. The van der Waals surface area contributed by atoms with Gasteiger partial charge in [0.15, 0.2) is 0 Å². The molecule has 0 saturated carbocycles. The number of ether oxygens (including phenoxy) is 1. The molecule has 2 unspecified atom stereocenters. The molecule has 2 atom stereocenters. The second-order valence-electron chi connectivity index (χ2n) is 4.28. The van der Waals surface area contributed by atoms with Crippen molar-refractivity contribution in [1.29, 1.82) is 0 Å². The standard InChI is InChI=1S/C10H20BrClO/c1-8(2)5-9(3)13-10(4,6-11)7-12/h8-9H,5-7H2,1-4H3. The molecule has 3 heteroatoms. The van der Waals surface area contributed by atoms with E-state index < -0.39 is 0 Å². The van der Waals surface area contributed by atoms with E-state index >= 15 is 0 Å². The molecule has 0 radical (unpaired) electrons. The summed E-state index contributed by atoms with van der Waals surface area (Å²) in [5.41, 5.74) is -0.226. The van der Waals surface area contributed by atoms with Crippen LogP contribution in [0.2, 0.25) is 0 Å². The van der Waals surface area contributed by atoms with Crippen molar-refractivity contribution in [2.45, 2.75) is 45.8 Å². The van der Waals surface area contributed by atoms with Gasteiger partial charge in [0.05, 0.1) is 17.6 Å². The van der Waals surface area contributed by atoms with Crippen LogP contribution in [0.3, 0.4) is 0 Å².